The third-order valence-electron chi connectivity index (χ3n) is 1.45. The summed E-state index contributed by atoms with van der Waals surface area (Å²) in [6, 6.07) is 1.31. The molecule has 1 rings (SSSR count). The second-order valence-electron chi connectivity index (χ2n) is 2.18. The van der Waals surface area contributed by atoms with Crippen LogP contribution in [0.25, 0.3) is 0 Å². The molecule has 1 heterocycles. The normalized spacial score (nSPS) is 13.4. The zero-order valence-corrected chi connectivity index (χ0v) is 5.87. The Morgan fingerprint density at radius 3 is 2.90 bits per heavy atom. The molecule has 0 spiro atoms. The topological polar surface area (TPSA) is 59.4 Å². The molecular weight excluding hydrogens is 130 g/mol. The number of aromatic hydroxyl groups is 1. The number of hydrogen-bond acceptors (Lipinski definition) is 3. The van der Waals surface area contributed by atoms with Crippen molar-refractivity contribution in [1.29, 1.82) is 0 Å². The highest BCUT2D eigenvalue weighted by atomic mass is 16.4. The molecule has 0 saturated carbocycles. The molecule has 0 radical (unpaired) electrons. The minimum Gasteiger partial charge on any atom is -0.504 e. The Kier molecular flexibility index (Phi) is 1.97. The Labute approximate surface area is 59.5 Å². The Morgan fingerprint density at radius 2 is 2.50 bits per heavy atom. The van der Waals surface area contributed by atoms with Crippen LogP contribution in [0.4, 0.5) is 0 Å². The van der Waals surface area contributed by atoms with E-state index in [4.69, 9.17) is 15.3 Å². The molecule has 0 aliphatic carbocycles. The van der Waals surface area contributed by atoms with Crippen molar-refractivity contribution in [3.8, 4) is 5.75 Å². The largest absolute Gasteiger partial charge is 0.504 e. The standard InChI is InChI=1S/C7H11NO2/c1-2-5(8)7-6(9)3-4-10-7/h3-5,9H,2,8H2,1H3/t5-/m0/s1. The van der Waals surface area contributed by atoms with Crippen LogP contribution in [0.5, 0.6) is 5.75 Å². The molecule has 3 nitrogen and oxygen atoms in total. The van der Waals surface area contributed by atoms with Gasteiger partial charge in [0.25, 0.3) is 0 Å². The lowest BCUT2D eigenvalue weighted by Crippen LogP contribution is -2.07. The highest BCUT2D eigenvalue weighted by Crippen LogP contribution is 2.24. The molecule has 0 aliphatic heterocycles. The van der Waals surface area contributed by atoms with Crippen molar-refractivity contribution in [2.45, 2.75) is 19.4 Å². The molecule has 1 aromatic heterocycles. The number of hydrogen-bond donors (Lipinski definition) is 2. The monoisotopic (exact) mass is 141 g/mol. The number of furan rings is 1. The summed E-state index contributed by atoms with van der Waals surface area (Å²) in [4.78, 5) is 0. The van der Waals surface area contributed by atoms with Gasteiger partial charge in [0.05, 0.1) is 12.3 Å². The quantitative estimate of drug-likeness (QED) is 0.654. The van der Waals surface area contributed by atoms with Crippen LogP contribution in [0.2, 0.25) is 0 Å². The maximum atomic E-state index is 9.08. The molecule has 3 heteroatoms. The number of rotatable bonds is 2. The van der Waals surface area contributed by atoms with Crippen molar-refractivity contribution in [2.24, 2.45) is 5.73 Å². The predicted octanol–water partition coefficient (Wildman–Crippen LogP) is 1.40. The van der Waals surface area contributed by atoms with E-state index >= 15 is 0 Å². The van der Waals surface area contributed by atoms with E-state index in [-0.39, 0.29) is 11.8 Å². The van der Waals surface area contributed by atoms with Crippen LogP contribution in [0.3, 0.4) is 0 Å². The van der Waals surface area contributed by atoms with E-state index in [1.807, 2.05) is 6.92 Å². The van der Waals surface area contributed by atoms with Gasteiger partial charge in [0.2, 0.25) is 0 Å². The van der Waals surface area contributed by atoms with E-state index in [0.29, 0.717) is 5.76 Å². The SMILES string of the molecule is CC[C@H](N)c1occc1O. The summed E-state index contributed by atoms with van der Waals surface area (Å²) in [6.45, 7) is 1.94. The molecule has 0 fully saturated rings. The Bertz CT molecular complexity index is 207. The lowest BCUT2D eigenvalue weighted by Gasteiger charge is -2.03. The summed E-state index contributed by atoms with van der Waals surface area (Å²) in [5.74, 6) is 0.622. The fourth-order valence-electron chi connectivity index (χ4n) is 0.777. The van der Waals surface area contributed by atoms with Crippen molar-refractivity contribution < 1.29 is 9.52 Å². The molecule has 0 bridgehead atoms. The minimum atomic E-state index is -0.185. The summed E-state index contributed by atoms with van der Waals surface area (Å²) in [5, 5.41) is 9.08. The minimum absolute atomic E-state index is 0.148. The summed E-state index contributed by atoms with van der Waals surface area (Å²) in [5.41, 5.74) is 5.59. The Balaban J connectivity index is 2.82. The van der Waals surface area contributed by atoms with Crippen LogP contribution < -0.4 is 5.73 Å². The van der Waals surface area contributed by atoms with Gasteiger partial charge in [0.1, 0.15) is 0 Å². The van der Waals surface area contributed by atoms with E-state index in [9.17, 15) is 0 Å². The molecule has 1 aromatic rings. The van der Waals surface area contributed by atoms with Crippen LogP contribution in [0.1, 0.15) is 25.1 Å². The zero-order valence-electron chi connectivity index (χ0n) is 5.87. The molecule has 0 unspecified atom stereocenters. The van der Waals surface area contributed by atoms with Gasteiger partial charge < -0.3 is 15.3 Å². The zero-order chi connectivity index (χ0) is 7.56. The van der Waals surface area contributed by atoms with Crippen LogP contribution in [-0.2, 0) is 0 Å². The van der Waals surface area contributed by atoms with Crippen molar-refractivity contribution in [3.63, 3.8) is 0 Å². The molecular formula is C7H11NO2. The van der Waals surface area contributed by atoms with Crippen LogP contribution in [-0.4, -0.2) is 5.11 Å². The number of nitrogens with two attached hydrogens (primary N) is 1. The van der Waals surface area contributed by atoms with Gasteiger partial charge in [-0.25, -0.2) is 0 Å². The first kappa shape index (κ1) is 7.15. The molecule has 0 aliphatic rings. The molecule has 0 aromatic carbocycles. The van der Waals surface area contributed by atoms with Gasteiger partial charge in [-0.3, -0.25) is 0 Å². The molecule has 0 amide bonds. The van der Waals surface area contributed by atoms with Gasteiger partial charge in [-0.15, -0.1) is 0 Å². The van der Waals surface area contributed by atoms with Gasteiger partial charge in [0, 0.05) is 6.07 Å². The second kappa shape index (κ2) is 2.75. The third-order valence-corrected chi connectivity index (χ3v) is 1.45. The van der Waals surface area contributed by atoms with Gasteiger partial charge in [-0.2, -0.15) is 0 Å². The smallest absolute Gasteiger partial charge is 0.161 e. The highest BCUT2D eigenvalue weighted by molar-refractivity contribution is 5.24. The average Bonchev–Trinajstić information content (AvgIpc) is 2.34. The lowest BCUT2D eigenvalue weighted by atomic mass is 10.2. The van der Waals surface area contributed by atoms with Gasteiger partial charge in [-0.1, -0.05) is 6.92 Å². The summed E-state index contributed by atoms with van der Waals surface area (Å²) in [7, 11) is 0. The maximum Gasteiger partial charge on any atom is 0.161 e. The van der Waals surface area contributed by atoms with E-state index in [2.05, 4.69) is 0 Å². The van der Waals surface area contributed by atoms with E-state index < -0.39 is 0 Å². The van der Waals surface area contributed by atoms with Gasteiger partial charge in [-0.05, 0) is 6.42 Å². The molecule has 3 N–H and O–H groups in total. The third kappa shape index (κ3) is 1.14. The Hall–Kier alpha value is -0.960. The molecule has 56 valence electrons. The van der Waals surface area contributed by atoms with E-state index in [1.165, 1.54) is 12.3 Å². The second-order valence-corrected chi connectivity index (χ2v) is 2.18. The average molecular weight is 141 g/mol. The Morgan fingerprint density at radius 1 is 1.80 bits per heavy atom. The first-order valence-electron chi connectivity index (χ1n) is 3.27. The molecule has 10 heavy (non-hydrogen) atoms. The fraction of sp³-hybridized carbons (Fsp3) is 0.429. The van der Waals surface area contributed by atoms with Crippen molar-refractivity contribution in [1.82, 2.24) is 0 Å². The van der Waals surface area contributed by atoms with Crippen LogP contribution in [0.15, 0.2) is 16.7 Å². The van der Waals surface area contributed by atoms with Crippen molar-refractivity contribution >= 4 is 0 Å². The van der Waals surface area contributed by atoms with Gasteiger partial charge >= 0.3 is 0 Å². The lowest BCUT2D eigenvalue weighted by molar-refractivity contribution is 0.404. The molecule has 1 atom stereocenters. The summed E-state index contributed by atoms with van der Waals surface area (Å²) >= 11 is 0. The van der Waals surface area contributed by atoms with Crippen LogP contribution in [0, 0.1) is 0 Å². The summed E-state index contributed by atoms with van der Waals surface area (Å²) < 4.78 is 4.94. The maximum absolute atomic E-state index is 9.08. The van der Waals surface area contributed by atoms with Crippen molar-refractivity contribution in [3.05, 3.63) is 18.1 Å². The summed E-state index contributed by atoms with van der Waals surface area (Å²) in [6.07, 6.45) is 2.20. The van der Waals surface area contributed by atoms with Crippen LogP contribution >= 0.6 is 0 Å². The first-order valence-corrected chi connectivity index (χ1v) is 3.27. The predicted molar refractivity (Wildman–Crippen MR) is 37.6 cm³/mol. The molecule has 0 saturated heterocycles. The first-order chi connectivity index (χ1) is 4.75. The fourth-order valence-corrected chi connectivity index (χ4v) is 0.777. The van der Waals surface area contributed by atoms with E-state index in [1.54, 1.807) is 0 Å². The van der Waals surface area contributed by atoms with Crippen molar-refractivity contribution in [2.75, 3.05) is 0 Å². The van der Waals surface area contributed by atoms with Gasteiger partial charge in [0.15, 0.2) is 11.5 Å². The van der Waals surface area contributed by atoms with E-state index in [0.717, 1.165) is 6.42 Å². The highest BCUT2D eigenvalue weighted by Gasteiger charge is 2.11.